The molecule has 1 spiro atoms. The quantitative estimate of drug-likeness (QED) is 0.789. The fourth-order valence-corrected chi connectivity index (χ4v) is 5.46. The van der Waals surface area contributed by atoms with Crippen LogP contribution in [0, 0.1) is 17.3 Å². The zero-order chi connectivity index (χ0) is 14.8. The molecule has 0 aromatic rings. The molecule has 0 bridgehead atoms. The molecule has 3 aliphatic heterocycles. The van der Waals surface area contributed by atoms with Crippen molar-refractivity contribution in [2.75, 3.05) is 39.3 Å². The lowest BCUT2D eigenvalue weighted by Gasteiger charge is -2.29. The van der Waals surface area contributed by atoms with Crippen molar-refractivity contribution in [2.45, 2.75) is 58.7 Å². The Bertz CT molecular complexity index is 395. The predicted molar refractivity (Wildman–Crippen MR) is 87.4 cm³/mol. The standard InChI is InChI=1S/C18H33N3/c1-13(2)19-7-5-18(11-19)6-8-20(12-18)17-15-9-21(14(3)4)10-16(15)17/h13-17H,5-12H2,1-4H3. The van der Waals surface area contributed by atoms with Gasteiger partial charge in [-0.1, -0.05) is 0 Å². The molecule has 3 heteroatoms. The Labute approximate surface area is 130 Å². The summed E-state index contributed by atoms with van der Waals surface area (Å²) in [5.74, 6) is 2.01. The second kappa shape index (κ2) is 4.94. The number of fused-ring (bicyclic) bond motifs is 1. The van der Waals surface area contributed by atoms with E-state index in [4.69, 9.17) is 0 Å². The summed E-state index contributed by atoms with van der Waals surface area (Å²) in [6, 6.07) is 2.43. The van der Waals surface area contributed by atoms with Crippen molar-refractivity contribution >= 4 is 0 Å². The largest absolute Gasteiger partial charge is 0.300 e. The van der Waals surface area contributed by atoms with Crippen molar-refractivity contribution < 1.29 is 0 Å². The average molecular weight is 291 g/mol. The van der Waals surface area contributed by atoms with Crippen LogP contribution < -0.4 is 0 Å². The Morgan fingerprint density at radius 3 is 2.00 bits per heavy atom. The molecule has 0 aromatic heterocycles. The second-order valence-corrected chi connectivity index (χ2v) is 8.90. The van der Waals surface area contributed by atoms with E-state index < -0.39 is 0 Å². The minimum absolute atomic E-state index is 0.652. The summed E-state index contributed by atoms with van der Waals surface area (Å²) in [5.41, 5.74) is 0.652. The monoisotopic (exact) mass is 291 g/mol. The third-order valence-electron chi connectivity index (χ3n) is 6.99. The van der Waals surface area contributed by atoms with E-state index in [0.29, 0.717) is 5.41 Å². The van der Waals surface area contributed by atoms with Gasteiger partial charge in [-0.2, -0.15) is 0 Å². The number of rotatable bonds is 3. The molecule has 120 valence electrons. The average Bonchev–Trinajstić information content (AvgIpc) is 2.89. The highest BCUT2D eigenvalue weighted by molar-refractivity contribution is 5.14. The van der Waals surface area contributed by atoms with E-state index in [1.807, 2.05) is 0 Å². The molecule has 0 N–H and O–H groups in total. The summed E-state index contributed by atoms with van der Waals surface area (Å²) < 4.78 is 0. The van der Waals surface area contributed by atoms with Crippen molar-refractivity contribution in [1.82, 2.24) is 14.7 Å². The van der Waals surface area contributed by atoms with Gasteiger partial charge < -0.3 is 9.80 Å². The Hall–Kier alpha value is -0.120. The summed E-state index contributed by atoms with van der Waals surface area (Å²) in [6.07, 6.45) is 2.90. The van der Waals surface area contributed by atoms with E-state index in [9.17, 15) is 0 Å². The van der Waals surface area contributed by atoms with Gasteiger partial charge in [0.15, 0.2) is 0 Å². The molecule has 4 fully saturated rings. The first-order valence-corrected chi connectivity index (χ1v) is 9.21. The molecule has 3 saturated heterocycles. The van der Waals surface area contributed by atoms with Crippen LogP contribution in [0.1, 0.15) is 40.5 Å². The predicted octanol–water partition coefficient (Wildman–Crippen LogP) is 2.13. The fraction of sp³-hybridized carbons (Fsp3) is 1.00. The fourth-order valence-electron chi connectivity index (χ4n) is 5.46. The lowest BCUT2D eigenvalue weighted by Crippen LogP contribution is -2.38. The van der Waals surface area contributed by atoms with Gasteiger partial charge in [-0.05, 0) is 70.9 Å². The van der Waals surface area contributed by atoms with Crippen molar-refractivity contribution in [3.63, 3.8) is 0 Å². The van der Waals surface area contributed by atoms with Crippen LogP contribution in [0.3, 0.4) is 0 Å². The van der Waals surface area contributed by atoms with E-state index in [1.54, 1.807) is 0 Å². The van der Waals surface area contributed by atoms with E-state index in [2.05, 4.69) is 42.4 Å². The minimum Gasteiger partial charge on any atom is -0.300 e. The molecular formula is C18H33N3. The molecule has 3 unspecified atom stereocenters. The summed E-state index contributed by atoms with van der Waals surface area (Å²) in [6.45, 7) is 17.6. The number of hydrogen-bond acceptors (Lipinski definition) is 3. The van der Waals surface area contributed by atoms with Crippen molar-refractivity contribution in [3.8, 4) is 0 Å². The Kier molecular flexibility index (Phi) is 3.40. The van der Waals surface area contributed by atoms with Crippen LogP contribution >= 0.6 is 0 Å². The molecule has 1 aliphatic carbocycles. The van der Waals surface area contributed by atoms with Crippen LogP contribution in [0.2, 0.25) is 0 Å². The van der Waals surface area contributed by atoms with Crippen LogP contribution in [0.5, 0.6) is 0 Å². The highest BCUT2D eigenvalue weighted by Crippen LogP contribution is 2.53. The molecule has 3 atom stereocenters. The summed E-state index contributed by atoms with van der Waals surface area (Å²) in [4.78, 5) is 8.28. The van der Waals surface area contributed by atoms with Crippen LogP contribution in [0.25, 0.3) is 0 Å². The van der Waals surface area contributed by atoms with Gasteiger partial charge in [-0.25, -0.2) is 0 Å². The van der Waals surface area contributed by atoms with Gasteiger partial charge >= 0.3 is 0 Å². The third-order valence-corrected chi connectivity index (χ3v) is 6.99. The van der Waals surface area contributed by atoms with Gasteiger partial charge in [-0.15, -0.1) is 0 Å². The van der Waals surface area contributed by atoms with Crippen LogP contribution in [0.15, 0.2) is 0 Å². The molecule has 1 saturated carbocycles. The highest BCUT2D eigenvalue weighted by Gasteiger charge is 2.60. The highest BCUT2D eigenvalue weighted by atomic mass is 15.3. The number of hydrogen-bond donors (Lipinski definition) is 0. The molecule has 3 heterocycles. The Morgan fingerprint density at radius 1 is 0.810 bits per heavy atom. The van der Waals surface area contributed by atoms with Gasteiger partial charge in [0.05, 0.1) is 0 Å². The normalized spacial score (nSPS) is 44.6. The van der Waals surface area contributed by atoms with E-state index in [0.717, 1.165) is 30.0 Å². The topological polar surface area (TPSA) is 9.72 Å². The van der Waals surface area contributed by atoms with Crippen molar-refractivity contribution in [3.05, 3.63) is 0 Å². The first-order valence-electron chi connectivity index (χ1n) is 9.21. The van der Waals surface area contributed by atoms with Gasteiger partial charge in [0.2, 0.25) is 0 Å². The maximum absolute atomic E-state index is 2.89. The smallest absolute Gasteiger partial charge is 0.0184 e. The first kappa shape index (κ1) is 14.5. The third kappa shape index (κ3) is 2.36. The maximum Gasteiger partial charge on any atom is 0.0184 e. The SMILES string of the molecule is CC(C)N1CC2C(C1)C2N1CCC2(CCN(C(C)C)C2)C1. The molecule has 0 amide bonds. The molecule has 0 aromatic carbocycles. The van der Waals surface area contributed by atoms with Gasteiger partial charge in [-0.3, -0.25) is 4.90 Å². The summed E-state index contributed by atoms with van der Waals surface area (Å²) >= 11 is 0. The molecule has 0 radical (unpaired) electrons. The van der Waals surface area contributed by atoms with Gasteiger partial charge in [0, 0.05) is 44.3 Å². The molecule has 4 aliphatic rings. The zero-order valence-corrected chi connectivity index (χ0v) is 14.4. The van der Waals surface area contributed by atoms with Crippen molar-refractivity contribution in [2.24, 2.45) is 17.3 Å². The Balaban J connectivity index is 1.33. The summed E-state index contributed by atoms with van der Waals surface area (Å²) in [5, 5.41) is 0. The van der Waals surface area contributed by atoms with E-state index >= 15 is 0 Å². The lowest BCUT2D eigenvalue weighted by atomic mass is 9.86. The number of piperidine rings is 1. The van der Waals surface area contributed by atoms with Gasteiger partial charge in [0.1, 0.15) is 0 Å². The molecule has 21 heavy (non-hydrogen) atoms. The number of likely N-dealkylation sites (tertiary alicyclic amines) is 3. The lowest BCUT2D eigenvalue weighted by molar-refractivity contribution is 0.179. The second-order valence-electron chi connectivity index (χ2n) is 8.90. The van der Waals surface area contributed by atoms with Crippen LogP contribution in [-0.4, -0.2) is 72.1 Å². The van der Waals surface area contributed by atoms with Crippen LogP contribution in [0.4, 0.5) is 0 Å². The number of nitrogens with zero attached hydrogens (tertiary/aromatic N) is 3. The van der Waals surface area contributed by atoms with E-state index in [-0.39, 0.29) is 0 Å². The van der Waals surface area contributed by atoms with Crippen molar-refractivity contribution in [1.29, 1.82) is 0 Å². The zero-order valence-electron chi connectivity index (χ0n) is 14.4. The minimum atomic E-state index is 0.652. The molecular weight excluding hydrogens is 258 g/mol. The van der Waals surface area contributed by atoms with Gasteiger partial charge in [0.25, 0.3) is 0 Å². The molecule has 3 nitrogen and oxygen atoms in total. The summed E-state index contributed by atoms with van der Waals surface area (Å²) in [7, 11) is 0. The maximum atomic E-state index is 2.89. The first-order chi connectivity index (χ1) is 9.99. The van der Waals surface area contributed by atoms with Crippen LogP contribution in [-0.2, 0) is 0 Å². The Morgan fingerprint density at radius 2 is 1.43 bits per heavy atom. The van der Waals surface area contributed by atoms with E-state index in [1.165, 1.54) is 52.1 Å². The molecule has 4 rings (SSSR count).